The monoisotopic (exact) mass is 431 g/mol. The van der Waals surface area contributed by atoms with Gasteiger partial charge in [0, 0.05) is 22.4 Å². The van der Waals surface area contributed by atoms with Crippen LogP contribution in [0, 0.1) is 6.92 Å². The first kappa shape index (κ1) is 21.8. The highest BCUT2D eigenvalue weighted by molar-refractivity contribution is 6.08. The normalized spacial score (nSPS) is 11.1. The van der Waals surface area contributed by atoms with Crippen LogP contribution < -0.4 is 9.47 Å². The zero-order valence-electron chi connectivity index (χ0n) is 18.7. The van der Waals surface area contributed by atoms with Gasteiger partial charge >= 0.3 is 5.97 Å². The van der Waals surface area contributed by atoms with E-state index in [1.807, 2.05) is 60.0 Å². The molecule has 0 aliphatic rings. The minimum Gasteiger partial charge on any atom is -0.494 e. The van der Waals surface area contributed by atoms with E-state index in [0.29, 0.717) is 19.8 Å². The van der Waals surface area contributed by atoms with Crippen LogP contribution in [0.15, 0.2) is 66.7 Å². The third kappa shape index (κ3) is 5.05. The molecule has 166 valence electrons. The molecule has 5 nitrogen and oxygen atoms in total. The SMILES string of the molecule is CCOC(=O)Cn1c2ccccc2c2ccc(OCCCCOc3cccc(C)c3)cc21. The number of aryl methyl sites for hydroxylation is 1. The van der Waals surface area contributed by atoms with Gasteiger partial charge in [-0.15, -0.1) is 0 Å². The lowest BCUT2D eigenvalue weighted by Crippen LogP contribution is -2.13. The van der Waals surface area contributed by atoms with Gasteiger partial charge in [-0.25, -0.2) is 0 Å². The quantitative estimate of drug-likeness (QED) is 0.232. The highest BCUT2D eigenvalue weighted by atomic mass is 16.5. The number of para-hydroxylation sites is 1. The van der Waals surface area contributed by atoms with Crippen molar-refractivity contribution < 1.29 is 19.0 Å². The predicted molar refractivity (Wildman–Crippen MR) is 127 cm³/mol. The van der Waals surface area contributed by atoms with Gasteiger partial charge in [0.1, 0.15) is 18.0 Å². The third-order valence-corrected chi connectivity index (χ3v) is 5.40. The van der Waals surface area contributed by atoms with E-state index >= 15 is 0 Å². The second-order valence-corrected chi connectivity index (χ2v) is 7.81. The summed E-state index contributed by atoms with van der Waals surface area (Å²) in [5.74, 6) is 1.46. The molecule has 32 heavy (non-hydrogen) atoms. The van der Waals surface area contributed by atoms with Gasteiger partial charge in [-0.05, 0) is 62.6 Å². The summed E-state index contributed by atoms with van der Waals surface area (Å²) in [7, 11) is 0. The summed E-state index contributed by atoms with van der Waals surface area (Å²) in [6, 6.07) is 22.3. The minimum absolute atomic E-state index is 0.178. The average molecular weight is 432 g/mol. The largest absolute Gasteiger partial charge is 0.494 e. The molecule has 0 spiro atoms. The van der Waals surface area contributed by atoms with E-state index in [9.17, 15) is 4.79 Å². The summed E-state index contributed by atoms with van der Waals surface area (Å²) < 4.78 is 19.0. The van der Waals surface area contributed by atoms with E-state index in [1.165, 1.54) is 5.56 Å². The summed E-state index contributed by atoms with van der Waals surface area (Å²) in [6.07, 6.45) is 1.81. The molecule has 0 N–H and O–H groups in total. The number of rotatable bonds is 10. The van der Waals surface area contributed by atoms with Crippen molar-refractivity contribution in [1.82, 2.24) is 4.57 Å². The Morgan fingerprint density at radius 3 is 2.28 bits per heavy atom. The second-order valence-electron chi connectivity index (χ2n) is 7.81. The van der Waals surface area contributed by atoms with Crippen molar-refractivity contribution in [3.8, 4) is 11.5 Å². The van der Waals surface area contributed by atoms with Gasteiger partial charge < -0.3 is 18.8 Å². The number of benzene rings is 3. The standard InChI is InChI=1S/C27H29NO4/c1-3-30-27(29)19-28-25-12-5-4-11-23(25)24-14-13-22(18-26(24)28)32-16-7-6-15-31-21-10-8-9-20(2)17-21/h4-5,8-14,17-18H,3,6-7,15-16,19H2,1-2H3. The fraction of sp³-hybridized carbons (Fsp3) is 0.296. The first-order valence-corrected chi connectivity index (χ1v) is 11.1. The number of nitrogens with zero attached hydrogens (tertiary/aromatic N) is 1. The zero-order chi connectivity index (χ0) is 22.3. The van der Waals surface area contributed by atoms with Gasteiger partial charge in [0.15, 0.2) is 0 Å². The van der Waals surface area contributed by atoms with Crippen molar-refractivity contribution in [3.63, 3.8) is 0 Å². The molecule has 0 saturated carbocycles. The molecular weight excluding hydrogens is 402 g/mol. The lowest BCUT2D eigenvalue weighted by Gasteiger charge is -2.10. The Bertz CT molecular complexity index is 1210. The number of unbranched alkanes of at least 4 members (excludes halogenated alkanes) is 1. The van der Waals surface area contributed by atoms with Gasteiger partial charge in [-0.2, -0.15) is 0 Å². The van der Waals surface area contributed by atoms with E-state index in [1.54, 1.807) is 0 Å². The zero-order valence-corrected chi connectivity index (χ0v) is 18.7. The first-order chi connectivity index (χ1) is 15.7. The van der Waals surface area contributed by atoms with Crippen molar-refractivity contribution in [2.75, 3.05) is 19.8 Å². The van der Waals surface area contributed by atoms with Gasteiger partial charge in [0.25, 0.3) is 0 Å². The maximum atomic E-state index is 12.2. The lowest BCUT2D eigenvalue weighted by molar-refractivity contribution is -0.143. The van der Waals surface area contributed by atoms with Crippen LogP contribution in [0.5, 0.6) is 11.5 Å². The fourth-order valence-corrected chi connectivity index (χ4v) is 3.91. The molecular formula is C27H29NO4. The highest BCUT2D eigenvalue weighted by Crippen LogP contribution is 2.31. The van der Waals surface area contributed by atoms with Crippen LogP contribution >= 0.6 is 0 Å². The van der Waals surface area contributed by atoms with Crippen molar-refractivity contribution in [2.45, 2.75) is 33.2 Å². The maximum absolute atomic E-state index is 12.2. The number of hydrogen-bond donors (Lipinski definition) is 0. The fourth-order valence-electron chi connectivity index (χ4n) is 3.91. The van der Waals surface area contributed by atoms with E-state index in [-0.39, 0.29) is 12.5 Å². The topological polar surface area (TPSA) is 49.7 Å². The second kappa shape index (κ2) is 10.2. The van der Waals surface area contributed by atoms with E-state index in [2.05, 4.69) is 25.1 Å². The van der Waals surface area contributed by atoms with Crippen LogP contribution in [0.3, 0.4) is 0 Å². The molecule has 4 aromatic rings. The predicted octanol–water partition coefficient (Wildman–Crippen LogP) is 5.90. The molecule has 4 rings (SSSR count). The third-order valence-electron chi connectivity index (χ3n) is 5.40. The smallest absolute Gasteiger partial charge is 0.325 e. The molecule has 0 aliphatic carbocycles. The van der Waals surface area contributed by atoms with E-state index in [0.717, 1.165) is 46.1 Å². The molecule has 1 aromatic heterocycles. The number of esters is 1. The Hall–Kier alpha value is -3.47. The molecule has 0 aliphatic heterocycles. The van der Waals surface area contributed by atoms with Gasteiger partial charge in [0.05, 0.1) is 25.3 Å². The van der Waals surface area contributed by atoms with Crippen molar-refractivity contribution in [1.29, 1.82) is 0 Å². The Morgan fingerprint density at radius 1 is 0.812 bits per heavy atom. The van der Waals surface area contributed by atoms with Gasteiger partial charge in [-0.1, -0.05) is 30.3 Å². The maximum Gasteiger partial charge on any atom is 0.325 e. The lowest BCUT2D eigenvalue weighted by atomic mass is 10.1. The van der Waals surface area contributed by atoms with Crippen LogP contribution in [0.25, 0.3) is 21.8 Å². The molecule has 0 amide bonds. The molecule has 0 fully saturated rings. The van der Waals surface area contributed by atoms with E-state index < -0.39 is 0 Å². The Balaban J connectivity index is 1.40. The van der Waals surface area contributed by atoms with Crippen molar-refractivity contribution in [3.05, 3.63) is 72.3 Å². The number of carbonyl (C=O) groups excluding carboxylic acids is 1. The van der Waals surface area contributed by atoms with Crippen LogP contribution in [0.1, 0.15) is 25.3 Å². The van der Waals surface area contributed by atoms with Crippen molar-refractivity contribution >= 4 is 27.8 Å². The minimum atomic E-state index is -0.241. The molecule has 0 atom stereocenters. The molecule has 3 aromatic carbocycles. The summed E-state index contributed by atoms with van der Waals surface area (Å²) >= 11 is 0. The van der Waals surface area contributed by atoms with Gasteiger partial charge in [0.2, 0.25) is 0 Å². The van der Waals surface area contributed by atoms with Crippen LogP contribution in [0.2, 0.25) is 0 Å². The Kier molecular flexibility index (Phi) is 6.95. The van der Waals surface area contributed by atoms with E-state index in [4.69, 9.17) is 14.2 Å². The van der Waals surface area contributed by atoms with Gasteiger partial charge in [-0.3, -0.25) is 4.79 Å². The number of aromatic nitrogens is 1. The molecule has 0 unspecified atom stereocenters. The van der Waals surface area contributed by atoms with Crippen LogP contribution in [-0.2, 0) is 16.1 Å². The number of fused-ring (bicyclic) bond motifs is 3. The molecule has 0 bridgehead atoms. The molecule has 0 saturated heterocycles. The highest BCUT2D eigenvalue weighted by Gasteiger charge is 2.14. The van der Waals surface area contributed by atoms with Crippen LogP contribution in [-0.4, -0.2) is 30.4 Å². The number of carbonyl (C=O) groups is 1. The number of ether oxygens (including phenoxy) is 3. The summed E-state index contributed by atoms with van der Waals surface area (Å²) in [4.78, 5) is 12.2. The van der Waals surface area contributed by atoms with Crippen LogP contribution in [0.4, 0.5) is 0 Å². The first-order valence-electron chi connectivity index (χ1n) is 11.1. The average Bonchev–Trinajstić information content (AvgIpc) is 3.09. The Morgan fingerprint density at radius 2 is 1.53 bits per heavy atom. The summed E-state index contributed by atoms with van der Waals surface area (Å²) in [6.45, 7) is 5.71. The summed E-state index contributed by atoms with van der Waals surface area (Å²) in [5, 5.41) is 2.22. The number of hydrogen-bond acceptors (Lipinski definition) is 4. The Labute approximate surface area is 188 Å². The van der Waals surface area contributed by atoms with Crippen molar-refractivity contribution in [2.24, 2.45) is 0 Å². The molecule has 5 heteroatoms. The molecule has 1 heterocycles. The molecule has 0 radical (unpaired) electrons. The summed E-state index contributed by atoms with van der Waals surface area (Å²) in [5.41, 5.74) is 3.18.